The smallest absolute Gasteiger partial charge is 0.255 e. The van der Waals surface area contributed by atoms with Crippen LogP contribution in [0.3, 0.4) is 0 Å². The van der Waals surface area contributed by atoms with Crippen LogP contribution in [0.5, 0.6) is 0 Å². The fourth-order valence-corrected chi connectivity index (χ4v) is 2.75. The number of hydrogen-bond donors (Lipinski definition) is 2. The van der Waals surface area contributed by atoms with E-state index in [1.54, 1.807) is 25.3 Å². The van der Waals surface area contributed by atoms with E-state index in [9.17, 15) is 9.59 Å². The summed E-state index contributed by atoms with van der Waals surface area (Å²) in [6, 6.07) is 2.91. The van der Waals surface area contributed by atoms with Gasteiger partial charge in [0.1, 0.15) is 11.9 Å². The average molecular weight is 332 g/mol. The van der Waals surface area contributed by atoms with Crippen LogP contribution < -0.4 is 15.5 Å². The summed E-state index contributed by atoms with van der Waals surface area (Å²) in [5, 5.41) is 5.65. The Morgan fingerprint density at radius 1 is 1.21 bits per heavy atom. The molecule has 6 heteroatoms. The number of carbonyl (C=O) groups is 2. The van der Waals surface area contributed by atoms with Crippen molar-refractivity contribution < 1.29 is 9.59 Å². The number of carbonyl (C=O) groups excluding carboxylic acids is 2. The number of aromatic nitrogens is 1. The predicted octanol–water partition coefficient (Wildman–Crippen LogP) is 2.10. The lowest BCUT2D eigenvalue weighted by atomic mass is 10.1. The van der Waals surface area contributed by atoms with Crippen molar-refractivity contribution in [3.05, 3.63) is 23.9 Å². The van der Waals surface area contributed by atoms with Crippen molar-refractivity contribution in [2.24, 2.45) is 0 Å². The van der Waals surface area contributed by atoms with E-state index < -0.39 is 6.04 Å². The second kappa shape index (κ2) is 7.64. The van der Waals surface area contributed by atoms with Crippen molar-refractivity contribution in [3.8, 4) is 0 Å². The number of pyridine rings is 1. The van der Waals surface area contributed by atoms with Gasteiger partial charge in [-0.15, -0.1) is 0 Å². The van der Waals surface area contributed by atoms with Gasteiger partial charge in [0, 0.05) is 24.8 Å². The molecule has 0 aliphatic carbocycles. The van der Waals surface area contributed by atoms with Gasteiger partial charge < -0.3 is 15.5 Å². The minimum Gasteiger partial charge on any atom is -0.356 e. The Bertz CT molecular complexity index is 589. The molecule has 0 aromatic carbocycles. The molecule has 6 nitrogen and oxygen atoms in total. The molecule has 1 atom stereocenters. The van der Waals surface area contributed by atoms with Gasteiger partial charge in [-0.3, -0.25) is 9.59 Å². The lowest BCUT2D eigenvalue weighted by molar-refractivity contribution is -0.124. The SMILES string of the molecule is CC(NC(=O)c1cccnc1N1CCCCC1)C(=O)NC(C)(C)C. The third-order valence-corrected chi connectivity index (χ3v) is 3.93. The zero-order valence-corrected chi connectivity index (χ0v) is 15.1. The zero-order valence-electron chi connectivity index (χ0n) is 15.1. The molecule has 1 saturated heterocycles. The summed E-state index contributed by atoms with van der Waals surface area (Å²) in [7, 11) is 0. The van der Waals surface area contributed by atoms with Crippen LogP contribution in [0.4, 0.5) is 5.82 Å². The summed E-state index contributed by atoms with van der Waals surface area (Å²) in [6.45, 7) is 9.25. The van der Waals surface area contributed by atoms with E-state index in [1.807, 2.05) is 20.8 Å². The summed E-state index contributed by atoms with van der Waals surface area (Å²) in [4.78, 5) is 31.3. The van der Waals surface area contributed by atoms with Crippen LogP contribution in [-0.2, 0) is 4.79 Å². The monoisotopic (exact) mass is 332 g/mol. The normalized spacial score (nSPS) is 16.4. The van der Waals surface area contributed by atoms with Crippen LogP contribution in [0.15, 0.2) is 18.3 Å². The van der Waals surface area contributed by atoms with Gasteiger partial charge >= 0.3 is 0 Å². The molecule has 132 valence electrons. The van der Waals surface area contributed by atoms with Gasteiger partial charge in [0.25, 0.3) is 5.91 Å². The second-order valence-electron chi connectivity index (χ2n) is 7.36. The number of nitrogens with zero attached hydrogens (tertiary/aromatic N) is 2. The van der Waals surface area contributed by atoms with Crippen LogP contribution >= 0.6 is 0 Å². The molecule has 2 amide bonds. The molecule has 1 aromatic heterocycles. The maximum absolute atomic E-state index is 12.6. The van der Waals surface area contributed by atoms with Gasteiger partial charge in [-0.2, -0.15) is 0 Å². The summed E-state index contributed by atoms with van der Waals surface area (Å²) in [5.41, 5.74) is 0.193. The van der Waals surface area contributed by atoms with E-state index in [0.29, 0.717) is 11.4 Å². The quantitative estimate of drug-likeness (QED) is 0.885. The first-order valence-corrected chi connectivity index (χ1v) is 8.61. The molecule has 0 saturated carbocycles. The van der Waals surface area contributed by atoms with Crippen molar-refractivity contribution in [2.75, 3.05) is 18.0 Å². The second-order valence-corrected chi connectivity index (χ2v) is 7.36. The average Bonchev–Trinajstić information content (AvgIpc) is 2.54. The van der Waals surface area contributed by atoms with E-state index in [2.05, 4.69) is 20.5 Å². The van der Waals surface area contributed by atoms with Crippen LogP contribution in [-0.4, -0.2) is 41.5 Å². The van der Waals surface area contributed by atoms with Gasteiger partial charge in [0.2, 0.25) is 5.91 Å². The zero-order chi connectivity index (χ0) is 17.7. The van der Waals surface area contributed by atoms with E-state index in [1.165, 1.54) is 6.42 Å². The summed E-state index contributed by atoms with van der Waals surface area (Å²) < 4.78 is 0. The Labute approximate surface area is 144 Å². The largest absolute Gasteiger partial charge is 0.356 e. The van der Waals surface area contributed by atoms with Gasteiger partial charge in [0.15, 0.2) is 0 Å². The van der Waals surface area contributed by atoms with E-state index in [0.717, 1.165) is 25.9 Å². The first-order valence-electron chi connectivity index (χ1n) is 8.61. The molecule has 1 unspecified atom stereocenters. The minimum atomic E-state index is -0.605. The molecule has 1 fully saturated rings. The maximum atomic E-state index is 12.6. The fraction of sp³-hybridized carbons (Fsp3) is 0.611. The molecule has 2 rings (SSSR count). The van der Waals surface area contributed by atoms with Crippen LogP contribution in [0.1, 0.15) is 57.3 Å². The van der Waals surface area contributed by atoms with Crippen LogP contribution in [0.2, 0.25) is 0 Å². The van der Waals surface area contributed by atoms with Gasteiger partial charge in [-0.25, -0.2) is 4.98 Å². The van der Waals surface area contributed by atoms with E-state index in [4.69, 9.17) is 0 Å². The first-order chi connectivity index (χ1) is 11.3. The third-order valence-electron chi connectivity index (χ3n) is 3.93. The van der Waals surface area contributed by atoms with Crippen LogP contribution in [0.25, 0.3) is 0 Å². The highest BCUT2D eigenvalue weighted by Crippen LogP contribution is 2.21. The molecule has 0 spiro atoms. The van der Waals surface area contributed by atoms with Crippen molar-refractivity contribution in [2.45, 2.75) is 58.5 Å². The third kappa shape index (κ3) is 4.94. The minimum absolute atomic E-state index is 0.195. The molecule has 2 heterocycles. The molecule has 1 aliphatic heterocycles. The molecule has 1 aromatic rings. The molecule has 2 N–H and O–H groups in total. The predicted molar refractivity (Wildman–Crippen MR) is 95.1 cm³/mol. The Morgan fingerprint density at radius 2 is 1.88 bits per heavy atom. The lowest BCUT2D eigenvalue weighted by Crippen LogP contribution is -2.51. The first kappa shape index (κ1) is 18.2. The standard InChI is InChI=1S/C18H28N4O2/c1-13(16(23)21-18(2,3)4)20-17(24)14-9-8-10-19-15(14)22-11-6-5-7-12-22/h8-10,13H,5-7,11-12H2,1-4H3,(H,20,24)(H,21,23). The maximum Gasteiger partial charge on any atom is 0.255 e. The van der Waals surface area contributed by atoms with Crippen molar-refractivity contribution in [1.29, 1.82) is 0 Å². The van der Waals surface area contributed by atoms with Crippen molar-refractivity contribution in [3.63, 3.8) is 0 Å². The number of rotatable bonds is 4. The van der Waals surface area contributed by atoms with Gasteiger partial charge in [0.05, 0.1) is 5.56 Å². The lowest BCUT2D eigenvalue weighted by Gasteiger charge is -2.29. The highest BCUT2D eigenvalue weighted by Gasteiger charge is 2.24. The van der Waals surface area contributed by atoms with Gasteiger partial charge in [-0.1, -0.05) is 0 Å². The van der Waals surface area contributed by atoms with Gasteiger partial charge in [-0.05, 0) is 59.1 Å². The number of amides is 2. The van der Waals surface area contributed by atoms with Crippen molar-refractivity contribution in [1.82, 2.24) is 15.6 Å². The number of nitrogens with one attached hydrogen (secondary N) is 2. The molecule has 1 aliphatic rings. The highest BCUT2D eigenvalue weighted by molar-refractivity contribution is 6.01. The molecular weight excluding hydrogens is 304 g/mol. The Kier molecular flexibility index (Phi) is 5.80. The summed E-state index contributed by atoms with van der Waals surface area (Å²) >= 11 is 0. The van der Waals surface area contributed by atoms with E-state index >= 15 is 0 Å². The number of anilines is 1. The molecular formula is C18H28N4O2. The Balaban J connectivity index is 2.08. The summed E-state index contributed by atoms with van der Waals surface area (Å²) in [5.74, 6) is 0.248. The van der Waals surface area contributed by atoms with Crippen LogP contribution in [0, 0.1) is 0 Å². The Hall–Kier alpha value is -2.11. The fourth-order valence-electron chi connectivity index (χ4n) is 2.75. The summed E-state index contributed by atoms with van der Waals surface area (Å²) in [6.07, 6.45) is 5.15. The number of hydrogen-bond acceptors (Lipinski definition) is 4. The Morgan fingerprint density at radius 3 is 2.50 bits per heavy atom. The van der Waals surface area contributed by atoms with E-state index in [-0.39, 0.29) is 17.4 Å². The van der Waals surface area contributed by atoms with Crippen molar-refractivity contribution >= 4 is 17.6 Å². The molecule has 0 bridgehead atoms. The molecule has 0 radical (unpaired) electrons. The topological polar surface area (TPSA) is 74.3 Å². The highest BCUT2D eigenvalue weighted by atomic mass is 16.2. The number of piperidine rings is 1. The molecule has 24 heavy (non-hydrogen) atoms.